The molecule has 0 saturated carbocycles. The molecule has 1 N–H and O–H groups in total. The van der Waals surface area contributed by atoms with Crippen LogP contribution >= 0.6 is 12.2 Å². The van der Waals surface area contributed by atoms with Gasteiger partial charge in [0, 0.05) is 12.3 Å². The fourth-order valence-corrected chi connectivity index (χ4v) is 3.55. The Morgan fingerprint density at radius 1 is 1.24 bits per heavy atom. The number of aromatic carboxylic acids is 1. The molecule has 3 rings (SSSR count). The Hall–Kier alpha value is -3.30. The fourth-order valence-electron chi connectivity index (χ4n) is 3.32. The van der Waals surface area contributed by atoms with E-state index in [0.29, 0.717) is 18.5 Å². The molecule has 0 aliphatic heterocycles. The Bertz CT molecular complexity index is 1030. The average Bonchev–Trinajstić information content (AvgIpc) is 3.19. The third kappa shape index (κ3) is 4.95. The largest absolute Gasteiger partial charge is 0.478 e. The smallest absolute Gasteiger partial charge is 0.336 e. The SMILES string of the molecule is C#CCCC(CC=S)c1ncnn1Cc1ccc(-c2ccccc2C(=O)O)cc1. The van der Waals surface area contributed by atoms with Gasteiger partial charge in [-0.05, 0) is 41.0 Å². The van der Waals surface area contributed by atoms with Crippen molar-refractivity contribution in [3.63, 3.8) is 0 Å². The van der Waals surface area contributed by atoms with Crippen LogP contribution in [0.25, 0.3) is 11.1 Å². The Morgan fingerprint density at radius 3 is 2.69 bits per heavy atom. The third-order valence-electron chi connectivity index (χ3n) is 4.78. The highest BCUT2D eigenvalue weighted by Crippen LogP contribution is 2.26. The second-order valence-corrected chi connectivity index (χ2v) is 7.00. The van der Waals surface area contributed by atoms with Crippen LogP contribution in [0.3, 0.4) is 0 Å². The molecule has 3 aromatic rings. The van der Waals surface area contributed by atoms with Crippen molar-refractivity contribution in [1.82, 2.24) is 14.8 Å². The molecule has 0 fully saturated rings. The quantitative estimate of drug-likeness (QED) is 0.418. The van der Waals surface area contributed by atoms with Gasteiger partial charge in [0.15, 0.2) is 0 Å². The minimum atomic E-state index is -0.937. The van der Waals surface area contributed by atoms with Crippen LogP contribution in [0.1, 0.15) is 46.9 Å². The Labute approximate surface area is 175 Å². The summed E-state index contributed by atoms with van der Waals surface area (Å²) in [5, 5.41) is 15.5. The first-order valence-corrected chi connectivity index (χ1v) is 9.77. The highest BCUT2D eigenvalue weighted by molar-refractivity contribution is 7.78. The van der Waals surface area contributed by atoms with Gasteiger partial charge >= 0.3 is 5.97 Å². The van der Waals surface area contributed by atoms with E-state index in [9.17, 15) is 9.90 Å². The van der Waals surface area contributed by atoms with Crippen molar-refractivity contribution < 1.29 is 9.90 Å². The molecule has 0 radical (unpaired) electrons. The molecule has 1 heterocycles. The molecule has 146 valence electrons. The standard InChI is InChI=1S/C23H21N3O2S/c1-2-3-6-19(13-14-29)22-24-16-25-26(22)15-17-9-11-18(12-10-17)20-7-4-5-8-21(20)23(27)28/h1,4-5,7-12,14,16,19H,3,6,13,15H2,(H,27,28). The van der Waals surface area contributed by atoms with Crippen molar-refractivity contribution in [3.8, 4) is 23.5 Å². The summed E-state index contributed by atoms with van der Waals surface area (Å²) in [6.07, 6.45) is 9.17. The van der Waals surface area contributed by atoms with Crippen molar-refractivity contribution in [2.75, 3.05) is 0 Å². The maximum atomic E-state index is 11.5. The second kappa shape index (κ2) is 9.76. The van der Waals surface area contributed by atoms with Gasteiger partial charge in [0.2, 0.25) is 0 Å². The highest BCUT2D eigenvalue weighted by atomic mass is 32.1. The van der Waals surface area contributed by atoms with Crippen molar-refractivity contribution in [2.24, 2.45) is 0 Å². The van der Waals surface area contributed by atoms with Crippen molar-refractivity contribution >= 4 is 23.6 Å². The predicted octanol–water partition coefficient (Wildman–Crippen LogP) is 4.58. The maximum absolute atomic E-state index is 11.5. The number of thiocarbonyl (C=S) groups is 1. The average molecular weight is 404 g/mol. The van der Waals surface area contributed by atoms with Gasteiger partial charge in [-0.2, -0.15) is 5.10 Å². The molecule has 1 unspecified atom stereocenters. The summed E-state index contributed by atoms with van der Waals surface area (Å²) in [5.74, 6) is 2.76. The number of rotatable bonds is 9. The minimum absolute atomic E-state index is 0.146. The Morgan fingerprint density at radius 2 is 2.00 bits per heavy atom. The van der Waals surface area contributed by atoms with Crippen LogP contribution in [0.2, 0.25) is 0 Å². The minimum Gasteiger partial charge on any atom is -0.478 e. The van der Waals surface area contributed by atoms with Gasteiger partial charge in [-0.1, -0.05) is 54.7 Å². The van der Waals surface area contributed by atoms with Crippen molar-refractivity contribution in [2.45, 2.75) is 31.7 Å². The van der Waals surface area contributed by atoms with E-state index in [1.807, 2.05) is 41.1 Å². The van der Waals surface area contributed by atoms with E-state index in [1.165, 1.54) is 0 Å². The third-order valence-corrected chi connectivity index (χ3v) is 4.98. The maximum Gasteiger partial charge on any atom is 0.336 e. The lowest BCUT2D eigenvalue weighted by Crippen LogP contribution is -2.12. The molecule has 0 saturated heterocycles. The topological polar surface area (TPSA) is 68.0 Å². The summed E-state index contributed by atoms with van der Waals surface area (Å²) >= 11 is 5.04. The van der Waals surface area contributed by atoms with E-state index in [0.717, 1.165) is 29.8 Å². The molecular weight excluding hydrogens is 382 g/mol. The van der Waals surface area contributed by atoms with Gasteiger partial charge in [0.05, 0.1) is 12.1 Å². The molecule has 0 bridgehead atoms. The summed E-state index contributed by atoms with van der Waals surface area (Å²) < 4.78 is 1.88. The first kappa shape index (κ1) is 20.4. The first-order chi connectivity index (χ1) is 14.1. The molecule has 0 spiro atoms. The van der Waals surface area contributed by atoms with Crippen LogP contribution in [0.15, 0.2) is 54.9 Å². The number of carbonyl (C=O) groups is 1. The summed E-state index contributed by atoms with van der Waals surface area (Å²) in [7, 11) is 0. The van der Waals surface area contributed by atoms with Gasteiger partial charge < -0.3 is 5.11 Å². The molecule has 0 amide bonds. The fraction of sp³-hybridized carbons (Fsp3) is 0.217. The normalized spacial score (nSPS) is 11.6. The molecule has 5 nitrogen and oxygen atoms in total. The number of terminal acetylenes is 1. The van der Waals surface area contributed by atoms with Gasteiger partial charge in [-0.3, -0.25) is 0 Å². The van der Waals surface area contributed by atoms with Crippen LogP contribution in [0.5, 0.6) is 0 Å². The predicted molar refractivity (Wildman–Crippen MR) is 117 cm³/mol. The molecule has 0 aliphatic rings. The van der Waals surface area contributed by atoms with Crippen LogP contribution in [-0.2, 0) is 6.54 Å². The van der Waals surface area contributed by atoms with Crippen LogP contribution < -0.4 is 0 Å². The van der Waals surface area contributed by atoms with Gasteiger partial charge in [0.25, 0.3) is 0 Å². The zero-order valence-corrected chi connectivity index (χ0v) is 16.7. The molecule has 1 aromatic heterocycles. The van der Waals surface area contributed by atoms with E-state index >= 15 is 0 Å². The number of benzene rings is 2. The second-order valence-electron chi connectivity index (χ2n) is 6.67. The van der Waals surface area contributed by atoms with E-state index in [1.54, 1.807) is 23.8 Å². The number of hydrogen-bond acceptors (Lipinski definition) is 4. The van der Waals surface area contributed by atoms with Gasteiger partial charge in [-0.15, -0.1) is 12.3 Å². The molecule has 1 atom stereocenters. The van der Waals surface area contributed by atoms with E-state index < -0.39 is 5.97 Å². The number of hydrogen-bond donors (Lipinski definition) is 1. The van der Waals surface area contributed by atoms with Crippen molar-refractivity contribution in [3.05, 3.63) is 71.8 Å². The lowest BCUT2D eigenvalue weighted by atomic mass is 9.98. The summed E-state index contributed by atoms with van der Waals surface area (Å²) in [6, 6.07) is 14.8. The van der Waals surface area contributed by atoms with E-state index in [-0.39, 0.29) is 11.5 Å². The molecule has 2 aromatic carbocycles. The number of nitrogens with zero attached hydrogens (tertiary/aromatic N) is 3. The molecule has 6 heteroatoms. The van der Waals surface area contributed by atoms with Crippen LogP contribution in [0.4, 0.5) is 0 Å². The summed E-state index contributed by atoms with van der Waals surface area (Å²) in [5.41, 5.74) is 2.89. The van der Waals surface area contributed by atoms with E-state index in [2.05, 4.69) is 16.0 Å². The number of carboxylic acid groups (broad SMARTS) is 1. The van der Waals surface area contributed by atoms with E-state index in [4.69, 9.17) is 18.6 Å². The first-order valence-electron chi connectivity index (χ1n) is 9.30. The molecular formula is C23H21N3O2S. The zero-order chi connectivity index (χ0) is 20.6. The Balaban J connectivity index is 1.81. The lowest BCUT2D eigenvalue weighted by Gasteiger charge is -2.15. The monoisotopic (exact) mass is 403 g/mol. The summed E-state index contributed by atoms with van der Waals surface area (Å²) in [4.78, 5) is 15.9. The Kier molecular flexibility index (Phi) is 6.88. The highest BCUT2D eigenvalue weighted by Gasteiger charge is 2.17. The van der Waals surface area contributed by atoms with Crippen LogP contribution in [-0.4, -0.2) is 31.2 Å². The molecule has 29 heavy (non-hydrogen) atoms. The number of aromatic nitrogens is 3. The van der Waals surface area contributed by atoms with Crippen molar-refractivity contribution in [1.29, 1.82) is 0 Å². The lowest BCUT2D eigenvalue weighted by molar-refractivity contribution is 0.0697. The van der Waals surface area contributed by atoms with Crippen LogP contribution in [0, 0.1) is 12.3 Å². The number of carboxylic acids is 1. The zero-order valence-electron chi connectivity index (χ0n) is 15.9. The summed E-state index contributed by atoms with van der Waals surface area (Å²) in [6.45, 7) is 0.570. The van der Waals surface area contributed by atoms with Gasteiger partial charge in [0.1, 0.15) is 12.2 Å². The van der Waals surface area contributed by atoms with Gasteiger partial charge in [-0.25, -0.2) is 14.5 Å². The molecule has 0 aliphatic carbocycles.